The summed E-state index contributed by atoms with van der Waals surface area (Å²) in [5.74, 6) is -0.456. The molecule has 0 spiro atoms. The van der Waals surface area contributed by atoms with Crippen molar-refractivity contribution < 1.29 is 13.9 Å². The van der Waals surface area contributed by atoms with Crippen LogP contribution in [-0.4, -0.2) is 43.8 Å². The summed E-state index contributed by atoms with van der Waals surface area (Å²) in [4.78, 5) is 14.6. The van der Waals surface area contributed by atoms with E-state index in [1.54, 1.807) is 12.1 Å². The summed E-state index contributed by atoms with van der Waals surface area (Å²) in [6.07, 6.45) is 0. The van der Waals surface area contributed by atoms with Gasteiger partial charge < -0.3 is 15.4 Å². The van der Waals surface area contributed by atoms with Gasteiger partial charge in [0.15, 0.2) is 0 Å². The molecule has 132 valence electrons. The molecule has 1 fully saturated rings. The van der Waals surface area contributed by atoms with Crippen molar-refractivity contribution in [1.82, 2.24) is 10.2 Å². The molecule has 1 saturated heterocycles. The standard InChI is InChI=1S/C19H22FN3O2/c20-16-8-4-5-9-17(16)21-19(24)22-18(15-6-2-1-3-7-15)14-23-10-12-25-13-11-23/h1-9,18H,10-14H2,(H2,21,22,24). The van der Waals surface area contributed by atoms with E-state index in [2.05, 4.69) is 15.5 Å². The molecule has 1 unspecified atom stereocenters. The van der Waals surface area contributed by atoms with E-state index in [4.69, 9.17) is 4.74 Å². The van der Waals surface area contributed by atoms with Gasteiger partial charge >= 0.3 is 6.03 Å². The lowest BCUT2D eigenvalue weighted by Gasteiger charge is -2.31. The molecule has 1 aliphatic heterocycles. The van der Waals surface area contributed by atoms with E-state index in [1.165, 1.54) is 12.1 Å². The van der Waals surface area contributed by atoms with E-state index in [0.717, 1.165) is 18.7 Å². The number of hydrogen-bond acceptors (Lipinski definition) is 3. The normalized spacial score (nSPS) is 16.2. The van der Waals surface area contributed by atoms with Crippen LogP contribution in [0.4, 0.5) is 14.9 Å². The highest BCUT2D eigenvalue weighted by molar-refractivity contribution is 5.89. The first kappa shape index (κ1) is 17.4. The zero-order chi connectivity index (χ0) is 17.5. The SMILES string of the molecule is O=C(Nc1ccccc1F)NC(CN1CCOCC1)c1ccccc1. The molecule has 1 atom stereocenters. The van der Waals surface area contributed by atoms with E-state index in [9.17, 15) is 9.18 Å². The molecule has 0 bridgehead atoms. The third kappa shape index (κ3) is 5.01. The van der Waals surface area contributed by atoms with Crippen LogP contribution in [0.3, 0.4) is 0 Å². The van der Waals surface area contributed by atoms with Gasteiger partial charge in [-0.15, -0.1) is 0 Å². The Morgan fingerprint density at radius 2 is 1.76 bits per heavy atom. The quantitative estimate of drug-likeness (QED) is 0.877. The zero-order valence-electron chi connectivity index (χ0n) is 14.0. The molecule has 0 radical (unpaired) electrons. The molecular formula is C19H22FN3O2. The number of benzene rings is 2. The van der Waals surface area contributed by atoms with Gasteiger partial charge in [-0.25, -0.2) is 9.18 Å². The van der Waals surface area contributed by atoms with Crippen LogP contribution in [0, 0.1) is 5.82 Å². The van der Waals surface area contributed by atoms with E-state index >= 15 is 0 Å². The molecule has 1 heterocycles. The number of morpholine rings is 1. The van der Waals surface area contributed by atoms with E-state index < -0.39 is 11.8 Å². The van der Waals surface area contributed by atoms with Crippen LogP contribution in [0.2, 0.25) is 0 Å². The number of para-hydroxylation sites is 1. The average Bonchev–Trinajstić information content (AvgIpc) is 2.65. The second kappa shape index (κ2) is 8.60. The molecule has 25 heavy (non-hydrogen) atoms. The van der Waals surface area contributed by atoms with Crippen molar-refractivity contribution in [3.63, 3.8) is 0 Å². The Morgan fingerprint density at radius 3 is 2.48 bits per heavy atom. The van der Waals surface area contributed by atoms with Crippen LogP contribution in [0.1, 0.15) is 11.6 Å². The minimum atomic E-state index is -0.456. The van der Waals surface area contributed by atoms with Gasteiger partial charge in [-0.3, -0.25) is 4.90 Å². The number of anilines is 1. The molecule has 0 aliphatic carbocycles. The maximum absolute atomic E-state index is 13.7. The highest BCUT2D eigenvalue weighted by Crippen LogP contribution is 2.17. The van der Waals surface area contributed by atoms with E-state index in [1.807, 2.05) is 30.3 Å². The monoisotopic (exact) mass is 343 g/mol. The first-order valence-electron chi connectivity index (χ1n) is 8.39. The van der Waals surface area contributed by atoms with Crippen LogP contribution in [0.15, 0.2) is 54.6 Å². The molecule has 6 heteroatoms. The summed E-state index contributed by atoms with van der Waals surface area (Å²) in [5, 5.41) is 5.54. The fourth-order valence-corrected chi connectivity index (χ4v) is 2.84. The fraction of sp³-hybridized carbons (Fsp3) is 0.316. The van der Waals surface area contributed by atoms with Crippen molar-refractivity contribution >= 4 is 11.7 Å². The third-order valence-electron chi connectivity index (χ3n) is 4.17. The predicted octanol–water partition coefficient (Wildman–Crippen LogP) is 3.02. The van der Waals surface area contributed by atoms with Gasteiger partial charge in [-0.1, -0.05) is 42.5 Å². The Morgan fingerprint density at radius 1 is 1.08 bits per heavy atom. The minimum absolute atomic E-state index is 0.165. The second-order valence-corrected chi connectivity index (χ2v) is 5.95. The van der Waals surface area contributed by atoms with Gasteiger partial charge in [-0.2, -0.15) is 0 Å². The molecule has 1 aliphatic rings. The molecular weight excluding hydrogens is 321 g/mol. The molecule has 2 aromatic carbocycles. The van der Waals surface area contributed by atoms with Crippen molar-refractivity contribution in [1.29, 1.82) is 0 Å². The lowest BCUT2D eigenvalue weighted by atomic mass is 10.1. The Bertz CT molecular complexity index is 690. The van der Waals surface area contributed by atoms with E-state index in [0.29, 0.717) is 19.8 Å². The Hall–Kier alpha value is -2.44. The van der Waals surface area contributed by atoms with Crippen LogP contribution in [0.5, 0.6) is 0 Å². The minimum Gasteiger partial charge on any atom is -0.379 e. The number of hydrogen-bond donors (Lipinski definition) is 2. The third-order valence-corrected chi connectivity index (χ3v) is 4.17. The fourth-order valence-electron chi connectivity index (χ4n) is 2.84. The molecule has 2 N–H and O–H groups in total. The molecule has 0 saturated carbocycles. The van der Waals surface area contributed by atoms with Gasteiger partial charge in [-0.05, 0) is 17.7 Å². The van der Waals surface area contributed by atoms with Gasteiger partial charge in [0.25, 0.3) is 0 Å². The van der Waals surface area contributed by atoms with Gasteiger partial charge in [0.2, 0.25) is 0 Å². The summed E-state index contributed by atoms with van der Waals surface area (Å²) < 4.78 is 19.1. The largest absolute Gasteiger partial charge is 0.379 e. The number of nitrogens with zero attached hydrogens (tertiary/aromatic N) is 1. The Balaban J connectivity index is 1.68. The first-order chi connectivity index (χ1) is 12.2. The molecule has 2 amide bonds. The molecule has 2 aromatic rings. The second-order valence-electron chi connectivity index (χ2n) is 5.95. The lowest BCUT2D eigenvalue weighted by Crippen LogP contribution is -2.44. The lowest BCUT2D eigenvalue weighted by molar-refractivity contribution is 0.0340. The van der Waals surface area contributed by atoms with Crippen molar-refractivity contribution in [3.8, 4) is 0 Å². The molecule has 3 rings (SSSR count). The Labute approximate surface area is 146 Å². The highest BCUT2D eigenvalue weighted by atomic mass is 19.1. The number of rotatable bonds is 5. The summed E-state index contributed by atoms with van der Waals surface area (Å²) >= 11 is 0. The number of urea groups is 1. The number of carbonyl (C=O) groups is 1. The predicted molar refractivity (Wildman–Crippen MR) is 95.0 cm³/mol. The van der Waals surface area contributed by atoms with Crippen LogP contribution >= 0.6 is 0 Å². The highest BCUT2D eigenvalue weighted by Gasteiger charge is 2.20. The smallest absolute Gasteiger partial charge is 0.319 e. The van der Waals surface area contributed by atoms with Crippen LogP contribution in [0.25, 0.3) is 0 Å². The zero-order valence-corrected chi connectivity index (χ0v) is 14.0. The number of amides is 2. The maximum atomic E-state index is 13.7. The summed E-state index contributed by atoms with van der Waals surface area (Å²) in [6.45, 7) is 3.74. The maximum Gasteiger partial charge on any atom is 0.319 e. The number of ether oxygens (including phenoxy) is 1. The number of halogens is 1. The van der Waals surface area contributed by atoms with Gasteiger partial charge in [0, 0.05) is 19.6 Å². The number of nitrogens with one attached hydrogen (secondary N) is 2. The molecule has 0 aromatic heterocycles. The van der Waals surface area contributed by atoms with Crippen molar-refractivity contribution in [3.05, 3.63) is 66.0 Å². The summed E-state index contributed by atoms with van der Waals surface area (Å²) in [5.41, 5.74) is 1.18. The summed E-state index contributed by atoms with van der Waals surface area (Å²) in [6, 6.07) is 15.3. The van der Waals surface area contributed by atoms with Crippen molar-refractivity contribution in [2.45, 2.75) is 6.04 Å². The van der Waals surface area contributed by atoms with Crippen LogP contribution < -0.4 is 10.6 Å². The van der Waals surface area contributed by atoms with Gasteiger partial charge in [0.1, 0.15) is 5.82 Å². The number of carbonyl (C=O) groups excluding carboxylic acids is 1. The van der Waals surface area contributed by atoms with Gasteiger partial charge in [0.05, 0.1) is 24.9 Å². The summed E-state index contributed by atoms with van der Waals surface area (Å²) in [7, 11) is 0. The topological polar surface area (TPSA) is 53.6 Å². The average molecular weight is 343 g/mol. The first-order valence-corrected chi connectivity index (χ1v) is 8.39. The van der Waals surface area contributed by atoms with E-state index in [-0.39, 0.29) is 11.7 Å². The van der Waals surface area contributed by atoms with Crippen molar-refractivity contribution in [2.75, 3.05) is 38.2 Å². The Kier molecular flexibility index (Phi) is 5.98. The van der Waals surface area contributed by atoms with Crippen LogP contribution in [-0.2, 0) is 4.74 Å². The van der Waals surface area contributed by atoms with Crippen molar-refractivity contribution in [2.24, 2.45) is 0 Å². The molecule has 5 nitrogen and oxygen atoms in total.